The lowest BCUT2D eigenvalue weighted by Gasteiger charge is -2.15. The predicted molar refractivity (Wildman–Crippen MR) is 89.6 cm³/mol. The van der Waals surface area contributed by atoms with Crippen molar-refractivity contribution in [3.63, 3.8) is 0 Å². The van der Waals surface area contributed by atoms with E-state index in [0.29, 0.717) is 17.8 Å². The van der Waals surface area contributed by atoms with Crippen LogP contribution < -0.4 is 16.0 Å². The Morgan fingerprint density at radius 1 is 1.13 bits per heavy atom. The Balaban J connectivity index is 1.96. The van der Waals surface area contributed by atoms with Crippen LogP contribution in [0.15, 0.2) is 54.6 Å². The molecule has 0 unspecified atom stereocenters. The van der Waals surface area contributed by atoms with E-state index in [4.69, 9.17) is 10.8 Å². The SMILES string of the molecule is CN(C(=O)O)c1ccc(NC(=O)[C@@H](N)Cc2ccccc2)cc1. The third-order valence-electron chi connectivity index (χ3n) is 3.44. The van der Waals surface area contributed by atoms with E-state index in [9.17, 15) is 9.59 Å². The zero-order valence-corrected chi connectivity index (χ0v) is 12.8. The molecule has 120 valence electrons. The van der Waals surface area contributed by atoms with Gasteiger partial charge < -0.3 is 16.2 Å². The van der Waals surface area contributed by atoms with Gasteiger partial charge in [0.2, 0.25) is 5.91 Å². The van der Waals surface area contributed by atoms with Gasteiger partial charge >= 0.3 is 6.09 Å². The third kappa shape index (κ3) is 4.55. The molecule has 0 fully saturated rings. The van der Waals surface area contributed by atoms with Crippen LogP contribution in [0.4, 0.5) is 16.2 Å². The van der Waals surface area contributed by atoms with Crippen molar-refractivity contribution in [2.75, 3.05) is 17.3 Å². The van der Waals surface area contributed by atoms with Gasteiger partial charge in [-0.3, -0.25) is 9.69 Å². The molecular formula is C17H19N3O3. The fourth-order valence-corrected chi connectivity index (χ4v) is 2.07. The average molecular weight is 313 g/mol. The number of carbonyl (C=O) groups is 2. The highest BCUT2D eigenvalue weighted by atomic mass is 16.4. The van der Waals surface area contributed by atoms with Crippen LogP contribution in [0.1, 0.15) is 5.56 Å². The number of nitrogens with two attached hydrogens (primary N) is 1. The van der Waals surface area contributed by atoms with Crippen molar-refractivity contribution in [3.05, 3.63) is 60.2 Å². The topological polar surface area (TPSA) is 95.7 Å². The molecule has 23 heavy (non-hydrogen) atoms. The van der Waals surface area contributed by atoms with Crippen molar-refractivity contribution in [1.82, 2.24) is 0 Å². The van der Waals surface area contributed by atoms with Gasteiger partial charge in [0.15, 0.2) is 0 Å². The zero-order valence-electron chi connectivity index (χ0n) is 12.8. The number of nitrogens with zero attached hydrogens (tertiary/aromatic N) is 1. The molecule has 6 nitrogen and oxygen atoms in total. The lowest BCUT2D eigenvalue weighted by molar-refractivity contribution is -0.117. The Hall–Kier alpha value is -2.86. The number of carboxylic acid groups (broad SMARTS) is 1. The summed E-state index contributed by atoms with van der Waals surface area (Å²) >= 11 is 0. The molecule has 6 heteroatoms. The van der Waals surface area contributed by atoms with Crippen LogP contribution in [0.3, 0.4) is 0 Å². The highest BCUT2D eigenvalue weighted by Gasteiger charge is 2.14. The molecule has 0 radical (unpaired) electrons. The summed E-state index contributed by atoms with van der Waals surface area (Å²) in [6.45, 7) is 0. The molecule has 2 rings (SSSR count). The first-order valence-electron chi connectivity index (χ1n) is 7.14. The number of amides is 2. The molecule has 2 aromatic rings. The van der Waals surface area contributed by atoms with E-state index in [1.54, 1.807) is 24.3 Å². The van der Waals surface area contributed by atoms with E-state index < -0.39 is 12.1 Å². The van der Waals surface area contributed by atoms with Gasteiger partial charge in [-0.2, -0.15) is 0 Å². The van der Waals surface area contributed by atoms with Crippen molar-refractivity contribution < 1.29 is 14.7 Å². The molecule has 1 atom stereocenters. The Morgan fingerprint density at radius 2 is 1.74 bits per heavy atom. The van der Waals surface area contributed by atoms with Crippen LogP contribution in [0.2, 0.25) is 0 Å². The highest BCUT2D eigenvalue weighted by Crippen LogP contribution is 2.17. The van der Waals surface area contributed by atoms with Crippen molar-refractivity contribution >= 4 is 23.4 Å². The lowest BCUT2D eigenvalue weighted by atomic mass is 10.1. The normalized spacial score (nSPS) is 11.6. The molecule has 0 aliphatic heterocycles. The summed E-state index contributed by atoms with van der Waals surface area (Å²) in [7, 11) is 1.45. The smallest absolute Gasteiger partial charge is 0.411 e. The summed E-state index contributed by atoms with van der Waals surface area (Å²) in [5.74, 6) is -0.284. The predicted octanol–water partition coefficient (Wildman–Crippen LogP) is 2.31. The second-order valence-electron chi connectivity index (χ2n) is 5.17. The Kier molecular flexibility index (Phi) is 5.32. The minimum Gasteiger partial charge on any atom is -0.465 e. The Morgan fingerprint density at radius 3 is 2.30 bits per heavy atom. The molecule has 0 saturated heterocycles. The van der Waals surface area contributed by atoms with Crippen LogP contribution >= 0.6 is 0 Å². The zero-order chi connectivity index (χ0) is 16.8. The molecule has 2 amide bonds. The summed E-state index contributed by atoms with van der Waals surface area (Å²) < 4.78 is 0. The van der Waals surface area contributed by atoms with Gasteiger partial charge in [0.05, 0.1) is 6.04 Å². The molecular weight excluding hydrogens is 294 g/mol. The number of carbonyl (C=O) groups excluding carboxylic acids is 1. The monoisotopic (exact) mass is 313 g/mol. The molecule has 4 N–H and O–H groups in total. The molecule has 2 aromatic carbocycles. The lowest BCUT2D eigenvalue weighted by Crippen LogP contribution is -2.37. The van der Waals surface area contributed by atoms with Crippen LogP contribution in [0.5, 0.6) is 0 Å². The van der Waals surface area contributed by atoms with Crippen LogP contribution in [0, 0.1) is 0 Å². The van der Waals surface area contributed by atoms with Crippen molar-refractivity contribution in [1.29, 1.82) is 0 Å². The van der Waals surface area contributed by atoms with Gasteiger partial charge in [0.1, 0.15) is 0 Å². The second kappa shape index (κ2) is 7.42. The number of nitrogens with one attached hydrogen (secondary N) is 1. The quantitative estimate of drug-likeness (QED) is 0.789. The minimum absolute atomic E-state index is 0.284. The summed E-state index contributed by atoms with van der Waals surface area (Å²) in [5.41, 5.74) is 8.00. The molecule has 0 aliphatic rings. The fraction of sp³-hybridized carbons (Fsp3) is 0.176. The van der Waals surface area contributed by atoms with E-state index in [2.05, 4.69) is 5.32 Å². The van der Waals surface area contributed by atoms with Gasteiger partial charge in [-0.25, -0.2) is 4.79 Å². The van der Waals surface area contributed by atoms with Gasteiger partial charge in [-0.05, 0) is 36.2 Å². The number of anilines is 2. The number of hydrogen-bond donors (Lipinski definition) is 3. The van der Waals surface area contributed by atoms with E-state index >= 15 is 0 Å². The van der Waals surface area contributed by atoms with Crippen molar-refractivity contribution in [3.8, 4) is 0 Å². The van der Waals surface area contributed by atoms with E-state index in [0.717, 1.165) is 10.5 Å². The molecule has 0 spiro atoms. The van der Waals surface area contributed by atoms with Crippen molar-refractivity contribution in [2.45, 2.75) is 12.5 Å². The van der Waals surface area contributed by atoms with Gasteiger partial charge in [-0.1, -0.05) is 30.3 Å². The molecule has 0 heterocycles. The summed E-state index contributed by atoms with van der Waals surface area (Å²) in [5, 5.41) is 11.6. The average Bonchev–Trinajstić information content (AvgIpc) is 2.55. The van der Waals surface area contributed by atoms with E-state index in [1.807, 2.05) is 30.3 Å². The van der Waals surface area contributed by atoms with Gasteiger partial charge in [0.25, 0.3) is 0 Å². The Bertz CT molecular complexity index is 671. The minimum atomic E-state index is -1.05. The molecule has 0 aromatic heterocycles. The number of hydrogen-bond acceptors (Lipinski definition) is 3. The second-order valence-corrected chi connectivity index (χ2v) is 5.17. The third-order valence-corrected chi connectivity index (χ3v) is 3.44. The summed E-state index contributed by atoms with van der Waals surface area (Å²) in [6, 6.07) is 15.4. The summed E-state index contributed by atoms with van der Waals surface area (Å²) in [6.07, 6.45) is -0.598. The maximum atomic E-state index is 12.1. The maximum absolute atomic E-state index is 12.1. The maximum Gasteiger partial charge on any atom is 0.411 e. The van der Waals surface area contributed by atoms with Crippen molar-refractivity contribution in [2.24, 2.45) is 5.73 Å². The van der Waals surface area contributed by atoms with Crippen LogP contribution in [-0.2, 0) is 11.2 Å². The fourth-order valence-electron chi connectivity index (χ4n) is 2.07. The standard InChI is InChI=1S/C17H19N3O3/c1-20(17(22)23)14-9-7-13(8-10-14)19-16(21)15(18)11-12-5-3-2-4-6-12/h2-10,15H,11,18H2,1H3,(H,19,21)(H,22,23)/t15-/m0/s1. The Labute approximate surface area is 134 Å². The largest absolute Gasteiger partial charge is 0.465 e. The van der Waals surface area contributed by atoms with Gasteiger partial charge in [0, 0.05) is 18.4 Å². The molecule has 0 bridgehead atoms. The molecule has 0 aliphatic carbocycles. The number of rotatable bonds is 5. The van der Waals surface area contributed by atoms with Crippen LogP contribution in [-0.4, -0.2) is 30.2 Å². The first-order valence-corrected chi connectivity index (χ1v) is 7.14. The first kappa shape index (κ1) is 16.5. The first-order chi connectivity index (χ1) is 11.0. The highest BCUT2D eigenvalue weighted by molar-refractivity contribution is 5.95. The molecule has 0 saturated carbocycles. The summed E-state index contributed by atoms with van der Waals surface area (Å²) in [4.78, 5) is 24.1. The number of benzene rings is 2. The van der Waals surface area contributed by atoms with E-state index in [-0.39, 0.29) is 5.91 Å². The van der Waals surface area contributed by atoms with Crippen LogP contribution in [0.25, 0.3) is 0 Å². The van der Waals surface area contributed by atoms with Gasteiger partial charge in [-0.15, -0.1) is 0 Å². The van der Waals surface area contributed by atoms with E-state index in [1.165, 1.54) is 7.05 Å².